The molecule has 7 heteroatoms. The molecular formula is C13H16N2O5. The van der Waals surface area contributed by atoms with Crippen LogP contribution < -0.4 is 5.56 Å². The average Bonchev–Trinajstić information content (AvgIpc) is 3.19. The highest BCUT2D eigenvalue weighted by atomic mass is 16.6. The zero-order valence-electron chi connectivity index (χ0n) is 11.4. The molecule has 1 heterocycles. The van der Waals surface area contributed by atoms with Gasteiger partial charge in [-0.05, 0) is 25.3 Å². The number of carbonyl (C=O) groups excluding carboxylic acids is 1. The van der Waals surface area contributed by atoms with Crippen molar-refractivity contribution in [2.45, 2.75) is 32.2 Å². The van der Waals surface area contributed by atoms with Gasteiger partial charge in [-0.2, -0.15) is 0 Å². The molecule has 0 aromatic carbocycles. The number of aryl methyl sites for hydroxylation is 1. The quantitative estimate of drug-likeness (QED) is 0.464. The summed E-state index contributed by atoms with van der Waals surface area (Å²) < 4.78 is 5.83. The van der Waals surface area contributed by atoms with Crippen molar-refractivity contribution in [1.29, 1.82) is 0 Å². The standard InChI is InChI=1S/C13H16N2O5/c1-8-5-6-14(12(16)11(8)15(18)19)10(13(17)20-2)7-9-3-4-9/h5-6,9-10H,3-4,7H2,1-2H3. The molecule has 0 N–H and O–H groups in total. The summed E-state index contributed by atoms with van der Waals surface area (Å²) in [5, 5.41) is 11.0. The van der Waals surface area contributed by atoms with Gasteiger partial charge in [-0.25, -0.2) is 4.79 Å². The zero-order valence-corrected chi connectivity index (χ0v) is 11.4. The van der Waals surface area contributed by atoms with Crippen LogP contribution in [-0.2, 0) is 9.53 Å². The monoisotopic (exact) mass is 280 g/mol. The van der Waals surface area contributed by atoms with Crippen LogP contribution in [0.25, 0.3) is 0 Å². The number of rotatable bonds is 5. The van der Waals surface area contributed by atoms with Crippen molar-refractivity contribution in [2.24, 2.45) is 5.92 Å². The van der Waals surface area contributed by atoms with Gasteiger partial charge >= 0.3 is 17.2 Å². The van der Waals surface area contributed by atoms with E-state index in [-0.39, 0.29) is 5.56 Å². The number of pyridine rings is 1. The number of hydrogen-bond donors (Lipinski definition) is 0. The number of esters is 1. The van der Waals surface area contributed by atoms with Gasteiger partial charge < -0.3 is 4.74 Å². The Labute approximate surface area is 115 Å². The smallest absolute Gasteiger partial charge is 0.336 e. The first-order valence-electron chi connectivity index (χ1n) is 6.39. The molecule has 1 aliphatic carbocycles. The van der Waals surface area contributed by atoms with Crippen LogP contribution in [0.4, 0.5) is 5.69 Å². The topological polar surface area (TPSA) is 91.4 Å². The molecule has 1 aromatic heterocycles. The van der Waals surface area contributed by atoms with Crippen molar-refractivity contribution >= 4 is 11.7 Å². The fourth-order valence-corrected chi connectivity index (χ4v) is 2.23. The minimum atomic E-state index is -0.792. The Morgan fingerprint density at radius 2 is 2.25 bits per heavy atom. The molecule has 0 amide bonds. The predicted molar refractivity (Wildman–Crippen MR) is 70.5 cm³/mol. The normalized spacial score (nSPS) is 15.7. The van der Waals surface area contributed by atoms with E-state index >= 15 is 0 Å². The summed E-state index contributed by atoms with van der Waals surface area (Å²) in [6.07, 6.45) is 3.92. The minimum absolute atomic E-state index is 0.284. The van der Waals surface area contributed by atoms with Crippen molar-refractivity contribution in [1.82, 2.24) is 4.57 Å². The van der Waals surface area contributed by atoms with Gasteiger partial charge in [-0.3, -0.25) is 19.5 Å². The highest BCUT2D eigenvalue weighted by Gasteiger charge is 2.33. The summed E-state index contributed by atoms with van der Waals surface area (Å²) >= 11 is 0. The molecule has 1 aromatic rings. The highest BCUT2D eigenvalue weighted by molar-refractivity contribution is 5.74. The first kappa shape index (κ1) is 14.2. The predicted octanol–water partition coefficient (Wildman–Crippen LogP) is 1.58. The van der Waals surface area contributed by atoms with Gasteiger partial charge in [0, 0.05) is 11.8 Å². The van der Waals surface area contributed by atoms with E-state index in [9.17, 15) is 19.7 Å². The van der Waals surface area contributed by atoms with Crippen LogP contribution in [-0.4, -0.2) is 22.6 Å². The summed E-state index contributed by atoms with van der Waals surface area (Å²) in [4.78, 5) is 34.3. The van der Waals surface area contributed by atoms with Gasteiger partial charge in [0.05, 0.1) is 12.0 Å². The lowest BCUT2D eigenvalue weighted by atomic mass is 10.1. The van der Waals surface area contributed by atoms with Crippen LogP contribution in [0.3, 0.4) is 0 Å². The summed E-state index contributed by atoms with van der Waals surface area (Å²) in [5.41, 5.74) is -0.963. The van der Waals surface area contributed by atoms with Crippen LogP contribution in [0.15, 0.2) is 17.1 Å². The second-order valence-corrected chi connectivity index (χ2v) is 5.03. The van der Waals surface area contributed by atoms with E-state index < -0.39 is 28.2 Å². The molecule has 1 fully saturated rings. The molecule has 20 heavy (non-hydrogen) atoms. The Morgan fingerprint density at radius 3 is 2.75 bits per heavy atom. The van der Waals surface area contributed by atoms with E-state index in [0.29, 0.717) is 12.3 Å². The lowest BCUT2D eigenvalue weighted by Crippen LogP contribution is -2.32. The Hall–Kier alpha value is -2.18. The molecule has 0 radical (unpaired) electrons. The zero-order chi connectivity index (χ0) is 14.9. The van der Waals surface area contributed by atoms with Crippen molar-refractivity contribution in [3.63, 3.8) is 0 Å². The fraction of sp³-hybridized carbons (Fsp3) is 0.538. The molecule has 1 atom stereocenters. The lowest BCUT2D eigenvalue weighted by Gasteiger charge is -2.17. The molecule has 0 spiro atoms. The maximum atomic E-state index is 12.2. The summed E-state index contributed by atoms with van der Waals surface area (Å²) in [6.45, 7) is 1.50. The SMILES string of the molecule is COC(=O)C(CC1CC1)n1ccc(C)c([N+](=O)[O-])c1=O. The molecule has 1 saturated carbocycles. The largest absolute Gasteiger partial charge is 0.467 e. The molecule has 0 aliphatic heterocycles. The van der Waals surface area contributed by atoms with Gasteiger partial charge in [-0.15, -0.1) is 0 Å². The average molecular weight is 280 g/mol. The van der Waals surface area contributed by atoms with Crippen LogP contribution in [0.5, 0.6) is 0 Å². The maximum absolute atomic E-state index is 12.2. The number of methoxy groups -OCH3 is 1. The molecule has 108 valence electrons. The molecule has 1 aliphatic rings. The van der Waals surface area contributed by atoms with E-state index in [1.165, 1.54) is 26.3 Å². The van der Waals surface area contributed by atoms with E-state index in [1.54, 1.807) is 0 Å². The third kappa shape index (κ3) is 2.71. The molecular weight excluding hydrogens is 264 g/mol. The summed E-state index contributed by atoms with van der Waals surface area (Å²) in [7, 11) is 1.25. The van der Waals surface area contributed by atoms with Crippen LogP contribution in [0.2, 0.25) is 0 Å². The molecule has 7 nitrogen and oxygen atoms in total. The summed E-state index contributed by atoms with van der Waals surface area (Å²) in [5.74, 6) is -0.163. The first-order chi connectivity index (χ1) is 9.45. The number of nitrogens with zero attached hydrogens (tertiary/aromatic N) is 2. The molecule has 0 saturated heterocycles. The Bertz CT molecular complexity index is 603. The van der Waals surface area contributed by atoms with E-state index in [2.05, 4.69) is 0 Å². The van der Waals surface area contributed by atoms with E-state index in [1.807, 2.05) is 0 Å². The number of ether oxygens (including phenoxy) is 1. The van der Waals surface area contributed by atoms with Crippen LogP contribution in [0, 0.1) is 23.0 Å². The Balaban J connectivity index is 2.47. The third-order valence-corrected chi connectivity index (χ3v) is 3.54. The number of nitro groups is 1. The minimum Gasteiger partial charge on any atom is -0.467 e. The number of carbonyl (C=O) groups is 1. The molecule has 0 bridgehead atoms. The Kier molecular flexibility index (Phi) is 3.87. The van der Waals surface area contributed by atoms with E-state index in [0.717, 1.165) is 17.4 Å². The highest BCUT2D eigenvalue weighted by Crippen LogP contribution is 2.37. The van der Waals surface area contributed by atoms with Crippen molar-refractivity contribution < 1.29 is 14.5 Å². The van der Waals surface area contributed by atoms with Gasteiger partial charge in [0.1, 0.15) is 6.04 Å². The number of hydrogen-bond acceptors (Lipinski definition) is 5. The van der Waals surface area contributed by atoms with Gasteiger partial charge in [-0.1, -0.05) is 12.8 Å². The van der Waals surface area contributed by atoms with E-state index in [4.69, 9.17) is 4.74 Å². The molecule has 2 rings (SSSR count). The van der Waals surface area contributed by atoms with Crippen LogP contribution in [0.1, 0.15) is 30.9 Å². The summed E-state index contributed by atoms with van der Waals surface area (Å²) in [6, 6.07) is 0.682. The maximum Gasteiger partial charge on any atom is 0.336 e. The van der Waals surface area contributed by atoms with Gasteiger partial charge in [0.15, 0.2) is 0 Å². The van der Waals surface area contributed by atoms with Crippen molar-refractivity contribution in [3.05, 3.63) is 38.3 Å². The first-order valence-corrected chi connectivity index (χ1v) is 6.39. The van der Waals surface area contributed by atoms with Crippen molar-refractivity contribution in [2.75, 3.05) is 7.11 Å². The van der Waals surface area contributed by atoms with Crippen molar-refractivity contribution in [3.8, 4) is 0 Å². The third-order valence-electron chi connectivity index (χ3n) is 3.54. The second-order valence-electron chi connectivity index (χ2n) is 5.03. The second kappa shape index (κ2) is 5.44. The fourth-order valence-electron chi connectivity index (χ4n) is 2.23. The van der Waals surface area contributed by atoms with Gasteiger partial charge in [0.25, 0.3) is 0 Å². The Morgan fingerprint density at radius 1 is 1.60 bits per heavy atom. The van der Waals surface area contributed by atoms with Crippen LogP contribution >= 0.6 is 0 Å². The van der Waals surface area contributed by atoms with Gasteiger partial charge in [0.2, 0.25) is 0 Å². The lowest BCUT2D eigenvalue weighted by molar-refractivity contribution is -0.387. The number of aromatic nitrogens is 1. The molecule has 1 unspecified atom stereocenters.